The topological polar surface area (TPSA) is 62.1 Å². The molecule has 0 bridgehead atoms. The Morgan fingerprint density at radius 2 is 1.93 bits per heavy atom. The minimum Gasteiger partial charge on any atom is -0.487 e. The van der Waals surface area contributed by atoms with Gasteiger partial charge in [-0.25, -0.2) is 17.6 Å². The normalized spacial score (nSPS) is 18.8. The number of amides is 1. The molecular formula is C19H14Cl2F4N2O3. The van der Waals surface area contributed by atoms with Crippen LogP contribution >= 0.6 is 23.2 Å². The fourth-order valence-corrected chi connectivity index (χ4v) is 3.24. The molecule has 0 saturated heterocycles. The van der Waals surface area contributed by atoms with Crippen LogP contribution in [-0.4, -0.2) is 40.3 Å². The largest absolute Gasteiger partial charge is 0.487 e. The minimum absolute atomic E-state index is 0.00912. The predicted molar refractivity (Wildman–Crippen MR) is 102 cm³/mol. The summed E-state index contributed by atoms with van der Waals surface area (Å²) in [5.74, 6) is -0.824. The number of nitrogens with zero attached hydrogens (tertiary/aromatic N) is 2. The fraction of sp³-hybridized carbons (Fsp3) is 0.263. The second kappa shape index (κ2) is 8.79. The summed E-state index contributed by atoms with van der Waals surface area (Å²) >= 11 is 11.8. The molecule has 5 nitrogen and oxygen atoms in total. The van der Waals surface area contributed by atoms with Crippen LogP contribution in [0.4, 0.5) is 17.6 Å². The number of halogens is 6. The van der Waals surface area contributed by atoms with Gasteiger partial charge in [-0.3, -0.25) is 4.79 Å². The zero-order chi connectivity index (χ0) is 22.1. The van der Waals surface area contributed by atoms with Crippen molar-refractivity contribution in [1.29, 1.82) is 0 Å². The van der Waals surface area contributed by atoms with E-state index < -0.39 is 36.6 Å². The molecule has 0 aromatic heterocycles. The van der Waals surface area contributed by atoms with Gasteiger partial charge in [0.1, 0.15) is 18.1 Å². The Hall–Kier alpha value is -2.36. The van der Waals surface area contributed by atoms with Gasteiger partial charge in [-0.2, -0.15) is 10.1 Å². The van der Waals surface area contributed by atoms with Gasteiger partial charge in [0.25, 0.3) is 18.8 Å². The molecule has 0 unspecified atom stereocenters. The number of alkyl halides is 4. The Morgan fingerprint density at radius 1 is 1.20 bits per heavy atom. The second-order valence-corrected chi connectivity index (χ2v) is 7.27. The number of aliphatic hydroxyl groups is 1. The number of ether oxygens (including phenoxy) is 1. The molecular weight excluding hydrogens is 451 g/mol. The molecule has 1 aliphatic heterocycles. The summed E-state index contributed by atoms with van der Waals surface area (Å²) < 4.78 is 58.0. The molecule has 3 rings (SSSR count). The van der Waals surface area contributed by atoms with Crippen LogP contribution in [0.1, 0.15) is 22.3 Å². The van der Waals surface area contributed by atoms with E-state index in [1.807, 2.05) is 0 Å². The molecule has 0 fully saturated rings. The zero-order valence-electron chi connectivity index (χ0n) is 15.0. The van der Waals surface area contributed by atoms with E-state index in [1.165, 1.54) is 24.3 Å². The van der Waals surface area contributed by atoms with Crippen molar-refractivity contribution in [3.63, 3.8) is 0 Å². The van der Waals surface area contributed by atoms with Gasteiger partial charge in [0, 0.05) is 17.0 Å². The van der Waals surface area contributed by atoms with E-state index >= 15 is 0 Å². The number of hydrogen-bond acceptors (Lipinski definition) is 4. The van der Waals surface area contributed by atoms with Crippen molar-refractivity contribution in [2.24, 2.45) is 5.10 Å². The van der Waals surface area contributed by atoms with Gasteiger partial charge < -0.3 is 9.84 Å². The van der Waals surface area contributed by atoms with Gasteiger partial charge >= 0.3 is 0 Å². The molecule has 1 N–H and O–H groups in total. The van der Waals surface area contributed by atoms with E-state index in [0.717, 1.165) is 0 Å². The first-order valence-corrected chi connectivity index (χ1v) is 9.25. The maximum atomic E-state index is 13.3. The molecule has 160 valence electrons. The van der Waals surface area contributed by atoms with Crippen molar-refractivity contribution in [3.05, 3.63) is 63.6 Å². The van der Waals surface area contributed by atoms with E-state index in [2.05, 4.69) is 5.10 Å². The van der Waals surface area contributed by atoms with Crippen LogP contribution in [0, 0.1) is 0 Å². The lowest BCUT2D eigenvalue weighted by Gasteiger charge is -2.30. The van der Waals surface area contributed by atoms with Gasteiger partial charge in [0.05, 0.1) is 5.02 Å². The van der Waals surface area contributed by atoms with Gasteiger partial charge in [0.2, 0.25) is 5.72 Å². The van der Waals surface area contributed by atoms with E-state index in [0.29, 0.717) is 16.3 Å². The summed E-state index contributed by atoms with van der Waals surface area (Å²) in [6.45, 7) is -0.0346. The van der Waals surface area contributed by atoms with Gasteiger partial charge in [0.15, 0.2) is 0 Å². The van der Waals surface area contributed by atoms with Crippen LogP contribution in [0.2, 0.25) is 10.0 Å². The van der Waals surface area contributed by atoms with Crippen LogP contribution in [0.25, 0.3) is 0 Å². The van der Waals surface area contributed by atoms with Gasteiger partial charge in [-0.15, -0.1) is 0 Å². The lowest BCUT2D eigenvalue weighted by molar-refractivity contribution is -0.164. The maximum Gasteiger partial charge on any atom is 0.287 e. The first kappa shape index (κ1) is 22.3. The van der Waals surface area contributed by atoms with Crippen LogP contribution in [0.5, 0.6) is 5.75 Å². The quantitative estimate of drug-likeness (QED) is 0.612. The highest BCUT2D eigenvalue weighted by atomic mass is 35.5. The lowest BCUT2D eigenvalue weighted by atomic mass is 10.1. The zero-order valence-corrected chi connectivity index (χ0v) is 16.5. The standard InChI is InChI=1S/C19H14Cl2F4N2O3/c20-12-4-5-15(13(21)7-12)30-9-10-2-1-3-11(6-10)17(28)27-19(29,18(24)25)8-14(26-27)16(22)23/h1-7,16,18,29H,8-9H2/t19-/m0/s1. The van der Waals surface area contributed by atoms with Crippen molar-refractivity contribution in [2.75, 3.05) is 0 Å². The number of carbonyl (C=O) groups excluding carboxylic acids is 1. The molecule has 0 saturated carbocycles. The van der Waals surface area contributed by atoms with Crippen molar-refractivity contribution in [3.8, 4) is 5.75 Å². The average molecular weight is 465 g/mol. The summed E-state index contributed by atoms with van der Waals surface area (Å²) in [6.07, 6.45) is -7.83. The summed E-state index contributed by atoms with van der Waals surface area (Å²) in [5, 5.41) is 14.0. The first-order valence-electron chi connectivity index (χ1n) is 8.49. The summed E-state index contributed by atoms with van der Waals surface area (Å²) in [5.41, 5.74) is -3.82. The predicted octanol–water partition coefficient (Wildman–Crippen LogP) is 4.99. The highest BCUT2D eigenvalue weighted by molar-refractivity contribution is 6.35. The monoisotopic (exact) mass is 464 g/mol. The molecule has 1 aliphatic rings. The molecule has 0 radical (unpaired) electrons. The molecule has 1 atom stereocenters. The molecule has 11 heteroatoms. The van der Waals surface area contributed by atoms with Crippen molar-refractivity contribution in [1.82, 2.24) is 5.01 Å². The highest BCUT2D eigenvalue weighted by Gasteiger charge is 2.53. The number of benzene rings is 2. The smallest absolute Gasteiger partial charge is 0.287 e. The van der Waals surface area contributed by atoms with Crippen LogP contribution in [0.3, 0.4) is 0 Å². The Labute approximate surface area is 178 Å². The van der Waals surface area contributed by atoms with Crippen molar-refractivity contribution >= 4 is 34.8 Å². The number of hydrazone groups is 1. The van der Waals surface area contributed by atoms with Crippen LogP contribution in [0.15, 0.2) is 47.6 Å². The molecule has 1 heterocycles. The van der Waals surface area contributed by atoms with Crippen molar-refractivity contribution in [2.45, 2.75) is 31.6 Å². The van der Waals surface area contributed by atoms with E-state index in [9.17, 15) is 27.5 Å². The number of rotatable bonds is 6. The third-order valence-electron chi connectivity index (χ3n) is 4.29. The van der Waals surface area contributed by atoms with E-state index in [4.69, 9.17) is 27.9 Å². The first-order chi connectivity index (χ1) is 14.1. The SMILES string of the molecule is O=C(c1cccc(COc2ccc(Cl)cc2Cl)c1)N1N=C(C(F)F)C[C@]1(O)C(F)F. The van der Waals surface area contributed by atoms with Crippen molar-refractivity contribution < 1.29 is 32.2 Å². The van der Waals surface area contributed by atoms with Crippen LogP contribution < -0.4 is 4.74 Å². The van der Waals surface area contributed by atoms with Crippen LogP contribution in [-0.2, 0) is 6.61 Å². The van der Waals surface area contributed by atoms with E-state index in [-0.39, 0.29) is 22.2 Å². The van der Waals surface area contributed by atoms with E-state index in [1.54, 1.807) is 18.2 Å². The average Bonchev–Trinajstić information content (AvgIpc) is 3.06. The van der Waals surface area contributed by atoms with Gasteiger partial charge in [-0.05, 0) is 35.9 Å². The summed E-state index contributed by atoms with van der Waals surface area (Å²) in [6, 6.07) is 10.2. The Balaban J connectivity index is 1.81. The molecule has 0 aliphatic carbocycles. The molecule has 1 amide bonds. The third-order valence-corrected chi connectivity index (χ3v) is 4.82. The Morgan fingerprint density at radius 3 is 2.57 bits per heavy atom. The molecule has 2 aromatic rings. The molecule has 2 aromatic carbocycles. The minimum atomic E-state index is -3.50. The maximum absolute atomic E-state index is 13.3. The third kappa shape index (κ3) is 4.53. The second-order valence-electron chi connectivity index (χ2n) is 6.43. The van der Waals surface area contributed by atoms with Gasteiger partial charge in [-0.1, -0.05) is 35.3 Å². The fourth-order valence-electron chi connectivity index (χ4n) is 2.77. The summed E-state index contributed by atoms with van der Waals surface area (Å²) in [4.78, 5) is 12.7. The Bertz CT molecular complexity index is 990. The number of hydrogen-bond donors (Lipinski definition) is 1. The highest BCUT2D eigenvalue weighted by Crippen LogP contribution is 2.34. The Kier molecular flexibility index (Phi) is 6.54. The summed E-state index contributed by atoms with van der Waals surface area (Å²) in [7, 11) is 0. The molecule has 30 heavy (non-hydrogen) atoms. The lowest BCUT2D eigenvalue weighted by Crippen LogP contribution is -2.51. The number of carbonyl (C=O) groups is 1. The molecule has 0 spiro atoms.